The molecule has 2 unspecified atom stereocenters. The maximum atomic E-state index is 12.4. The molecule has 2 aliphatic heterocycles. The van der Waals surface area contributed by atoms with Crippen LogP contribution in [0.5, 0.6) is 0 Å². The van der Waals surface area contributed by atoms with Crippen molar-refractivity contribution in [3.05, 3.63) is 18.2 Å². The number of nitrogens with one attached hydrogen (secondary N) is 1. The molecule has 0 radical (unpaired) electrons. The van der Waals surface area contributed by atoms with Gasteiger partial charge in [-0.25, -0.2) is 4.98 Å². The third-order valence-corrected chi connectivity index (χ3v) is 4.26. The minimum absolute atomic E-state index is 0.00113. The highest BCUT2D eigenvalue weighted by Gasteiger charge is 2.43. The zero-order valence-corrected chi connectivity index (χ0v) is 10.6. The van der Waals surface area contributed by atoms with Crippen LogP contribution in [-0.4, -0.2) is 43.9 Å². The van der Waals surface area contributed by atoms with Crippen LogP contribution in [0.4, 0.5) is 0 Å². The van der Waals surface area contributed by atoms with Gasteiger partial charge in [-0.1, -0.05) is 0 Å². The summed E-state index contributed by atoms with van der Waals surface area (Å²) in [5.41, 5.74) is 0.522. The van der Waals surface area contributed by atoms with Crippen molar-refractivity contribution in [3.8, 4) is 0 Å². The molecular weight excluding hydrogens is 246 g/mol. The van der Waals surface area contributed by atoms with Crippen LogP contribution in [0.15, 0.2) is 12.5 Å². The van der Waals surface area contributed by atoms with E-state index in [2.05, 4.69) is 9.97 Å². The van der Waals surface area contributed by atoms with Crippen LogP contribution in [0.25, 0.3) is 0 Å². The molecule has 2 fully saturated rings. The molecule has 0 aromatic carbocycles. The average molecular weight is 263 g/mol. The lowest BCUT2D eigenvalue weighted by Crippen LogP contribution is -2.47. The smallest absolute Gasteiger partial charge is 0.303 e. The van der Waals surface area contributed by atoms with Crippen LogP contribution >= 0.6 is 0 Å². The Morgan fingerprint density at radius 3 is 2.58 bits per heavy atom. The SMILES string of the molecule is O=C(O)CC1CC2CCC(C1)N2C(=O)c1cnc[nH]1. The van der Waals surface area contributed by atoms with Crippen molar-refractivity contribution >= 4 is 11.9 Å². The molecule has 1 amide bonds. The molecule has 0 saturated carbocycles. The molecule has 3 heterocycles. The number of carbonyl (C=O) groups is 2. The Labute approximate surface area is 110 Å². The fraction of sp³-hybridized carbons (Fsp3) is 0.615. The molecule has 0 spiro atoms. The lowest BCUT2D eigenvalue weighted by Gasteiger charge is -2.38. The molecule has 2 N–H and O–H groups in total. The zero-order valence-electron chi connectivity index (χ0n) is 10.6. The highest BCUT2D eigenvalue weighted by atomic mass is 16.4. The number of fused-ring (bicyclic) bond motifs is 2. The van der Waals surface area contributed by atoms with Gasteiger partial charge in [-0.2, -0.15) is 0 Å². The topological polar surface area (TPSA) is 86.3 Å². The summed E-state index contributed by atoms with van der Waals surface area (Å²) in [5, 5.41) is 8.89. The van der Waals surface area contributed by atoms with Gasteiger partial charge in [0.05, 0.1) is 12.5 Å². The Hall–Kier alpha value is -1.85. The van der Waals surface area contributed by atoms with Crippen LogP contribution < -0.4 is 0 Å². The van der Waals surface area contributed by atoms with E-state index in [1.165, 1.54) is 6.33 Å². The molecular formula is C13H17N3O3. The number of H-pyrrole nitrogens is 1. The van der Waals surface area contributed by atoms with Gasteiger partial charge in [0.1, 0.15) is 5.69 Å². The average Bonchev–Trinajstić information content (AvgIpc) is 2.95. The van der Waals surface area contributed by atoms with Crippen LogP contribution in [0, 0.1) is 5.92 Å². The number of carboxylic acids is 1. The summed E-state index contributed by atoms with van der Waals surface area (Å²) < 4.78 is 0. The van der Waals surface area contributed by atoms with Crippen LogP contribution in [-0.2, 0) is 4.79 Å². The number of amides is 1. The highest BCUT2D eigenvalue weighted by Crippen LogP contribution is 2.40. The lowest BCUT2D eigenvalue weighted by atomic mass is 9.88. The summed E-state index contributed by atoms with van der Waals surface area (Å²) in [6.45, 7) is 0. The Morgan fingerprint density at radius 2 is 2.05 bits per heavy atom. The number of aliphatic carboxylic acids is 1. The molecule has 2 saturated heterocycles. The molecule has 6 nitrogen and oxygen atoms in total. The van der Waals surface area contributed by atoms with E-state index >= 15 is 0 Å². The van der Waals surface area contributed by atoms with E-state index in [9.17, 15) is 9.59 Å². The van der Waals surface area contributed by atoms with Gasteiger partial charge in [0, 0.05) is 18.5 Å². The van der Waals surface area contributed by atoms with Crippen molar-refractivity contribution < 1.29 is 14.7 Å². The normalized spacial score (nSPS) is 29.5. The van der Waals surface area contributed by atoms with E-state index in [-0.39, 0.29) is 30.3 Å². The molecule has 1 aromatic heterocycles. The second-order valence-corrected chi connectivity index (χ2v) is 5.50. The standard InChI is InChI=1S/C13H17N3O3/c17-12(18)5-8-3-9-1-2-10(4-8)16(9)13(19)11-6-14-7-15-11/h6-10H,1-5H2,(H,14,15)(H,17,18). The fourth-order valence-corrected chi connectivity index (χ4v) is 3.55. The van der Waals surface area contributed by atoms with E-state index in [1.807, 2.05) is 4.90 Å². The first kappa shape index (κ1) is 12.2. The fourth-order valence-electron chi connectivity index (χ4n) is 3.55. The summed E-state index contributed by atoms with van der Waals surface area (Å²) >= 11 is 0. The number of hydrogen-bond acceptors (Lipinski definition) is 3. The first-order valence-corrected chi connectivity index (χ1v) is 6.68. The van der Waals surface area contributed by atoms with Crippen molar-refractivity contribution in [1.29, 1.82) is 0 Å². The van der Waals surface area contributed by atoms with Crippen LogP contribution in [0.3, 0.4) is 0 Å². The van der Waals surface area contributed by atoms with Gasteiger partial charge in [0.2, 0.25) is 0 Å². The Balaban J connectivity index is 1.73. The third-order valence-electron chi connectivity index (χ3n) is 4.26. The zero-order chi connectivity index (χ0) is 13.4. The Kier molecular flexibility index (Phi) is 3.00. The molecule has 0 aliphatic carbocycles. The van der Waals surface area contributed by atoms with Gasteiger partial charge in [-0.05, 0) is 31.6 Å². The number of nitrogens with zero attached hydrogens (tertiary/aromatic N) is 2. The number of aromatic amines is 1. The Bertz CT molecular complexity index is 471. The number of carboxylic acid groups (broad SMARTS) is 1. The number of carbonyl (C=O) groups excluding carboxylic acids is 1. The van der Waals surface area contributed by atoms with Gasteiger partial charge in [-0.15, -0.1) is 0 Å². The number of piperidine rings is 1. The first-order valence-electron chi connectivity index (χ1n) is 6.68. The summed E-state index contributed by atoms with van der Waals surface area (Å²) in [6.07, 6.45) is 6.86. The van der Waals surface area contributed by atoms with Crippen LogP contribution in [0.2, 0.25) is 0 Å². The predicted molar refractivity (Wildman–Crippen MR) is 66.5 cm³/mol. The Morgan fingerprint density at radius 1 is 1.37 bits per heavy atom. The summed E-state index contributed by atoms with van der Waals surface area (Å²) in [4.78, 5) is 31.9. The van der Waals surface area contributed by atoms with Gasteiger partial charge in [-0.3, -0.25) is 9.59 Å². The number of aromatic nitrogens is 2. The van der Waals surface area contributed by atoms with E-state index in [0.717, 1.165) is 25.7 Å². The van der Waals surface area contributed by atoms with Crippen molar-refractivity contribution in [2.45, 2.75) is 44.2 Å². The van der Waals surface area contributed by atoms with Crippen molar-refractivity contribution in [3.63, 3.8) is 0 Å². The maximum absolute atomic E-state index is 12.4. The highest BCUT2D eigenvalue weighted by molar-refractivity contribution is 5.92. The maximum Gasteiger partial charge on any atom is 0.303 e. The summed E-state index contributed by atoms with van der Waals surface area (Å²) in [6, 6.07) is 0.387. The van der Waals surface area contributed by atoms with Gasteiger partial charge in [0.15, 0.2) is 0 Å². The monoisotopic (exact) mass is 263 g/mol. The van der Waals surface area contributed by atoms with Crippen molar-refractivity contribution in [1.82, 2.24) is 14.9 Å². The first-order chi connectivity index (χ1) is 9.15. The van der Waals surface area contributed by atoms with Crippen molar-refractivity contribution in [2.75, 3.05) is 0 Å². The molecule has 1 aromatic rings. The lowest BCUT2D eigenvalue weighted by molar-refractivity contribution is -0.138. The molecule has 2 atom stereocenters. The van der Waals surface area contributed by atoms with E-state index < -0.39 is 5.97 Å². The minimum atomic E-state index is -0.738. The predicted octanol–water partition coefficient (Wildman–Crippen LogP) is 1.27. The molecule has 6 heteroatoms. The largest absolute Gasteiger partial charge is 0.481 e. The molecule has 2 bridgehead atoms. The van der Waals surface area contributed by atoms with E-state index in [4.69, 9.17) is 5.11 Å². The molecule has 3 rings (SSSR count). The van der Waals surface area contributed by atoms with E-state index in [1.54, 1.807) is 6.20 Å². The summed E-state index contributed by atoms with van der Waals surface area (Å²) in [7, 11) is 0. The molecule has 2 aliphatic rings. The number of hydrogen-bond donors (Lipinski definition) is 2. The molecule has 102 valence electrons. The second kappa shape index (κ2) is 4.68. The third kappa shape index (κ3) is 2.22. The second-order valence-electron chi connectivity index (χ2n) is 5.50. The number of imidazole rings is 1. The van der Waals surface area contributed by atoms with Crippen LogP contribution in [0.1, 0.15) is 42.6 Å². The summed E-state index contributed by atoms with van der Waals surface area (Å²) in [5.74, 6) is -0.530. The van der Waals surface area contributed by atoms with Gasteiger partial charge >= 0.3 is 5.97 Å². The van der Waals surface area contributed by atoms with Crippen molar-refractivity contribution in [2.24, 2.45) is 5.92 Å². The molecule has 19 heavy (non-hydrogen) atoms. The van der Waals surface area contributed by atoms with Gasteiger partial charge < -0.3 is 15.0 Å². The van der Waals surface area contributed by atoms with E-state index in [0.29, 0.717) is 5.69 Å². The van der Waals surface area contributed by atoms with Gasteiger partial charge in [0.25, 0.3) is 5.91 Å². The number of rotatable bonds is 3. The quantitative estimate of drug-likeness (QED) is 0.859. The minimum Gasteiger partial charge on any atom is -0.481 e.